The first kappa shape index (κ1) is 9.55. The normalized spacial score (nSPS) is 23.6. The van der Waals surface area contributed by atoms with Gasteiger partial charge in [-0.05, 0) is 13.0 Å². The van der Waals surface area contributed by atoms with Crippen LogP contribution >= 0.6 is 0 Å². The van der Waals surface area contributed by atoms with Gasteiger partial charge in [0.2, 0.25) is 0 Å². The van der Waals surface area contributed by atoms with Crippen LogP contribution in [0.25, 0.3) is 0 Å². The lowest BCUT2D eigenvalue weighted by Gasteiger charge is -2.33. The highest BCUT2D eigenvalue weighted by molar-refractivity contribution is 5.00. The summed E-state index contributed by atoms with van der Waals surface area (Å²) in [5.74, 6) is 0.901. The maximum absolute atomic E-state index is 4.29. The van der Waals surface area contributed by atoms with Gasteiger partial charge in [0.25, 0.3) is 0 Å². The third-order valence-electron chi connectivity index (χ3n) is 2.50. The van der Waals surface area contributed by atoms with Crippen molar-refractivity contribution in [2.75, 3.05) is 19.6 Å². The van der Waals surface area contributed by atoms with Crippen LogP contribution in [0.5, 0.6) is 0 Å². The van der Waals surface area contributed by atoms with Gasteiger partial charge in [-0.2, -0.15) is 0 Å². The fourth-order valence-electron chi connectivity index (χ4n) is 1.75. The van der Waals surface area contributed by atoms with E-state index in [0.717, 1.165) is 25.5 Å². The minimum atomic E-state index is 0.287. The average Bonchev–Trinajstić information content (AvgIpc) is 2.30. The fourth-order valence-corrected chi connectivity index (χ4v) is 1.75. The Balaban J connectivity index is 2.15. The number of piperazine rings is 1. The van der Waals surface area contributed by atoms with Crippen molar-refractivity contribution >= 4 is 0 Å². The molecule has 1 N–H and O–H groups in total. The molecule has 0 amide bonds. The van der Waals surface area contributed by atoms with Gasteiger partial charge in [0.05, 0.1) is 6.04 Å². The van der Waals surface area contributed by atoms with Gasteiger partial charge in [0.1, 0.15) is 5.82 Å². The predicted molar refractivity (Wildman–Crippen MR) is 54.3 cm³/mol. The lowest BCUT2D eigenvalue weighted by atomic mass is 10.2. The fraction of sp³-hybridized carbons (Fsp3) is 0.500. The molecule has 1 aliphatic heterocycles. The molecule has 14 heavy (non-hydrogen) atoms. The van der Waals surface area contributed by atoms with Crippen molar-refractivity contribution in [3.8, 4) is 0 Å². The monoisotopic (exact) mass is 191 g/mol. The second-order valence-corrected chi connectivity index (χ2v) is 3.32. The van der Waals surface area contributed by atoms with Gasteiger partial charge < -0.3 is 5.32 Å². The summed E-state index contributed by atoms with van der Waals surface area (Å²) in [6.45, 7) is 7.16. The molecule has 2 heterocycles. The van der Waals surface area contributed by atoms with Crippen LogP contribution in [0.15, 0.2) is 18.5 Å². The van der Waals surface area contributed by atoms with Gasteiger partial charge in [0, 0.05) is 38.6 Å². The summed E-state index contributed by atoms with van der Waals surface area (Å²) in [4.78, 5) is 10.9. The van der Waals surface area contributed by atoms with E-state index in [1.807, 2.05) is 6.07 Å². The molecular weight excluding hydrogens is 176 g/mol. The van der Waals surface area contributed by atoms with Crippen molar-refractivity contribution < 1.29 is 0 Å². The molecule has 1 aromatic heterocycles. The number of nitrogens with zero attached hydrogens (tertiary/aromatic N) is 3. The number of aromatic nitrogens is 2. The average molecular weight is 191 g/mol. The third kappa shape index (κ3) is 1.91. The van der Waals surface area contributed by atoms with Crippen molar-refractivity contribution in [2.24, 2.45) is 0 Å². The zero-order chi connectivity index (χ0) is 9.80. The molecule has 0 saturated carbocycles. The zero-order valence-corrected chi connectivity index (χ0v) is 8.35. The van der Waals surface area contributed by atoms with Gasteiger partial charge in [-0.1, -0.05) is 0 Å². The number of hydrogen-bond donors (Lipinski definition) is 1. The summed E-state index contributed by atoms with van der Waals surface area (Å²) in [7, 11) is 0. The molecule has 1 radical (unpaired) electrons. The molecule has 0 aromatic carbocycles. The first-order valence-corrected chi connectivity index (χ1v) is 4.94. The molecule has 1 fully saturated rings. The van der Waals surface area contributed by atoms with Gasteiger partial charge in [0.15, 0.2) is 0 Å². The smallest absolute Gasteiger partial charge is 0.146 e. The topological polar surface area (TPSA) is 41.0 Å². The Morgan fingerprint density at radius 3 is 3.00 bits per heavy atom. The van der Waals surface area contributed by atoms with E-state index >= 15 is 0 Å². The quantitative estimate of drug-likeness (QED) is 0.743. The van der Waals surface area contributed by atoms with Gasteiger partial charge in [-0.15, -0.1) is 0 Å². The molecule has 1 aromatic rings. The van der Waals surface area contributed by atoms with Crippen LogP contribution in [0.3, 0.4) is 0 Å². The van der Waals surface area contributed by atoms with Crippen LogP contribution in [0, 0.1) is 6.54 Å². The van der Waals surface area contributed by atoms with Gasteiger partial charge >= 0.3 is 0 Å². The summed E-state index contributed by atoms with van der Waals surface area (Å²) in [5.41, 5.74) is 0. The molecule has 4 nitrogen and oxygen atoms in total. The van der Waals surface area contributed by atoms with Crippen molar-refractivity contribution in [3.63, 3.8) is 0 Å². The number of hydrogen-bond acceptors (Lipinski definition) is 4. The van der Waals surface area contributed by atoms with Crippen LogP contribution < -0.4 is 5.32 Å². The van der Waals surface area contributed by atoms with E-state index in [0.29, 0.717) is 0 Å². The minimum Gasteiger partial charge on any atom is -0.313 e. The molecule has 1 aliphatic rings. The second-order valence-electron chi connectivity index (χ2n) is 3.32. The van der Waals surface area contributed by atoms with Crippen LogP contribution in [0.2, 0.25) is 0 Å². The molecule has 0 spiro atoms. The Bertz CT molecular complexity index is 275. The Morgan fingerprint density at radius 2 is 2.29 bits per heavy atom. The van der Waals surface area contributed by atoms with E-state index in [9.17, 15) is 0 Å². The molecule has 1 unspecified atom stereocenters. The number of rotatable bonds is 2. The van der Waals surface area contributed by atoms with E-state index in [1.54, 1.807) is 12.4 Å². The summed E-state index contributed by atoms with van der Waals surface area (Å²) in [6, 6.07) is 2.13. The summed E-state index contributed by atoms with van der Waals surface area (Å²) >= 11 is 0. The van der Waals surface area contributed by atoms with E-state index < -0.39 is 0 Å². The lowest BCUT2D eigenvalue weighted by molar-refractivity contribution is 0.197. The second kappa shape index (κ2) is 4.48. The largest absolute Gasteiger partial charge is 0.313 e. The molecular formula is C10H15N4. The summed E-state index contributed by atoms with van der Waals surface area (Å²) in [6.07, 6.45) is 3.59. The van der Waals surface area contributed by atoms with Crippen LogP contribution in [-0.4, -0.2) is 34.5 Å². The van der Waals surface area contributed by atoms with Crippen molar-refractivity contribution in [3.05, 3.63) is 30.8 Å². The minimum absolute atomic E-state index is 0.287. The Morgan fingerprint density at radius 1 is 1.50 bits per heavy atom. The van der Waals surface area contributed by atoms with Crippen LogP contribution in [0.1, 0.15) is 18.8 Å². The molecule has 4 heteroatoms. The standard InChI is InChI=1S/C10H15N4/c1-2-14-7-6-11-8-9(14)10-12-4-3-5-13-10/h2-5,9,11H,6-8H2,1H3. The molecule has 0 bridgehead atoms. The SMILES string of the molecule is C[CH]N1CCNCC1c1ncccn1. The highest BCUT2D eigenvalue weighted by atomic mass is 15.2. The van der Waals surface area contributed by atoms with Crippen molar-refractivity contribution in [1.82, 2.24) is 20.2 Å². The first-order valence-electron chi connectivity index (χ1n) is 4.94. The van der Waals surface area contributed by atoms with E-state index in [-0.39, 0.29) is 6.04 Å². The molecule has 1 atom stereocenters. The highest BCUT2D eigenvalue weighted by Crippen LogP contribution is 2.18. The highest BCUT2D eigenvalue weighted by Gasteiger charge is 2.24. The third-order valence-corrected chi connectivity index (χ3v) is 2.50. The molecule has 0 aliphatic carbocycles. The first-order chi connectivity index (χ1) is 6.92. The molecule has 75 valence electrons. The Labute approximate surface area is 84.4 Å². The van der Waals surface area contributed by atoms with Gasteiger partial charge in [-0.25, -0.2) is 9.97 Å². The molecule has 1 saturated heterocycles. The zero-order valence-electron chi connectivity index (χ0n) is 8.35. The van der Waals surface area contributed by atoms with Crippen molar-refractivity contribution in [2.45, 2.75) is 13.0 Å². The summed E-state index contributed by atoms with van der Waals surface area (Å²) < 4.78 is 0. The molecule has 2 rings (SSSR count). The number of nitrogens with one attached hydrogen (secondary N) is 1. The maximum Gasteiger partial charge on any atom is 0.146 e. The van der Waals surface area contributed by atoms with Crippen LogP contribution in [-0.2, 0) is 0 Å². The maximum atomic E-state index is 4.29. The van der Waals surface area contributed by atoms with Crippen molar-refractivity contribution in [1.29, 1.82) is 0 Å². The predicted octanol–water partition coefficient (Wildman–Crippen LogP) is 0.605. The van der Waals surface area contributed by atoms with E-state index in [2.05, 4.69) is 33.7 Å². The summed E-state index contributed by atoms with van der Waals surface area (Å²) in [5, 5.41) is 3.36. The van der Waals surface area contributed by atoms with Gasteiger partial charge in [-0.3, -0.25) is 4.90 Å². The Hall–Kier alpha value is -1.00. The lowest BCUT2D eigenvalue weighted by Crippen LogP contribution is -2.44. The van der Waals surface area contributed by atoms with E-state index in [1.165, 1.54) is 0 Å². The Kier molecular flexibility index (Phi) is 3.06. The van der Waals surface area contributed by atoms with E-state index in [4.69, 9.17) is 0 Å². The van der Waals surface area contributed by atoms with Crippen LogP contribution in [0.4, 0.5) is 0 Å².